The molecule has 10 rings (SSSR count). The van der Waals surface area contributed by atoms with Gasteiger partial charge >= 0.3 is 0 Å². The number of hydrogen-bond donors (Lipinski definition) is 1. The van der Waals surface area contributed by atoms with Crippen LogP contribution in [0.2, 0.25) is 0 Å². The summed E-state index contributed by atoms with van der Waals surface area (Å²) >= 11 is 0. The monoisotopic (exact) mass is 1040 g/mol. The lowest BCUT2D eigenvalue weighted by Crippen LogP contribution is -2.39. The van der Waals surface area contributed by atoms with Crippen molar-refractivity contribution in [3.8, 4) is 45.5 Å². The van der Waals surface area contributed by atoms with E-state index in [9.17, 15) is 0 Å². The number of rotatable bonds is 10. The molecule has 77 heavy (non-hydrogen) atoms. The van der Waals surface area contributed by atoms with Gasteiger partial charge in [0.15, 0.2) is 11.3 Å². The highest BCUT2D eigenvalue weighted by Crippen LogP contribution is 2.39. The molecule has 2 saturated heterocycles. The molecule has 2 fully saturated rings. The van der Waals surface area contributed by atoms with E-state index >= 15 is 0 Å². The number of hydrogen-bond acceptors (Lipinski definition) is 11. The van der Waals surface area contributed by atoms with Gasteiger partial charge in [-0.05, 0) is 136 Å². The molecule has 13 nitrogen and oxygen atoms in total. The van der Waals surface area contributed by atoms with E-state index in [0.29, 0.717) is 28.7 Å². The van der Waals surface area contributed by atoms with Gasteiger partial charge in [0, 0.05) is 50.4 Å². The number of fused-ring (bicyclic) bond motifs is 2. The predicted molar refractivity (Wildman–Crippen MR) is 320 cm³/mol. The van der Waals surface area contributed by atoms with E-state index in [1.54, 1.807) is 0 Å². The van der Waals surface area contributed by atoms with Gasteiger partial charge in [0.1, 0.15) is 52.4 Å². The Labute approximate surface area is 460 Å². The maximum Gasteiger partial charge on any atom is 0.164 e. The molecular formula is C64H89N11O2. The largest absolute Gasteiger partial charge is 0.457 e. The Bertz CT molecular complexity index is 3100. The van der Waals surface area contributed by atoms with E-state index in [-0.39, 0.29) is 0 Å². The molecule has 0 radical (unpaired) electrons. The van der Waals surface area contributed by atoms with E-state index in [0.717, 1.165) is 155 Å². The minimum atomic E-state index is 0.290. The van der Waals surface area contributed by atoms with E-state index < -0.39 is 0 Å². The lowest BCUT2D eigenvalue weighted by molar-refractivity contribution is 0.136. The molecule has 0 unspecified atom stereocenters. The van der Waals surface area contributed by atoms with E-state index in [4.69, 9.17) is 35.4 Å². The third-order valence-corrected chi connectivity index (χ3v) is 13.4. The van der Waals surface area contributed by atoms with Gasteiger partial charge in [0.05, 0.1) is 28.6 Å². The van der Waals surface area contributed by atoms with Crippen molar-refractivity contribution in [1.29, 1.82) is 0 Å². The summed E-state index contributed by atoms with van der Waals surface area (Å²) in [7, 11) is 0. The van der Waals surface area contributed by atoms with Crippen molar-refractivity contribution >= 4 is 27.9 Å². The van der Waals surface area contributed by atoms with Gasteiger partial charge in [0.2, 0.25) is 0 Å². The predicted octanol–water partition coefficient (Wildman–Crippen LogP) is 15.8. The van der Waals surface area contributed by atoms with Crippen molar-refractivity contribution in [2.45, 2.75) is 149 Å². The Kier molecular flexibility index (Phi) is 20.9. The highest BCUT2D eigenvalue weighted by atomic mass is 16.5. The molecule has 4 aromatic heterocycles. The average Bonchev–Trinajstić information content (AvgIpc) is 4.00. The van der Waals surface area contributed by atoms with Gasteiger partial charge < -0.3 is 25.0 Å². The molecule has 0 bridgehead atoms. The van der Waals surface area contributed by atoms with Crippen LogP contribution in [0.15, 0.2) is 103 Å². The number of benzene rings is 4. The van der Waals surface area contributed by atoms with Gasteiger partial charge in [-0.3, -0.25) is 0 Å². The maximum atomic E-state index is 6.36. The number of aryl methyl sites for hydroxylation is 4. The van der Waals surface area contributed by atoms with Crippen LogP contribution in [-0.2, 0) is 0 Å². The summed E-state index contributed by atoms with van der Waals surface area (Å²) in [6, 6.07) is 32.8. The molecule has 0 aliphatic carbocycles. The van der Waals surface area contributed by atoms with Crippen molar-refractivity contribution < 1.29 is 9.47 Å². The first-order valence-corrected chi connectivity index (χ1v) is 28.3. The third kappa shape index (κ3) is 15.3. The van der Waals surface area contributed by atoms with E-state index in [1.165, 1.54) is 6.33 Å². The highest BCUT2D eigenvalue weighted by molar-refractivity contribution is 5.98. The van der Waals surface area contributed by atoms with E-state index in [1.807, 2.05) is 134 Å². The minimum absolute atomic E-state index is 0.290. The summed E-state index contributed by atoms with van der Waals surface area (Å²) in [5.74, 6) is 4.57. The van der Waals surface area contributed by atoms with Crippen molar-refractivity contribution in [2.24, 2.45) is 10.8 Å². The summed E-state index contributed by atoms with van der Waals surface area (Å²) in [6.07, 6.45) is 5.78. The van der Waals surface area contributed by atoms with Crippen molar-refractivity contribution in [3.05, 3.63) is 126 Å². The molecule has 0 saturated carbocycles. The quantitative estimate of drug-likeness (QED) is 0.140. The second-order valence-electron chi connectivity index (χ2n) is 22.0. The summed E-state index contributed by atoms with van der Waals surface area (Å²) in [4.78, 5) is 23.6. The SMILES string of the molecule is CC.CC.CC.Cc1cc(-c2nn(C3CCN(CC(C)(C)C)CC3)c3ncnc(N)c23)ccc1Oc1ccccc1.Cc1nc(C)c2c(-c3ccc(Oc4ccccc4)c(C)c3)nn(C3CCN(CC(C)(C)C)CC3)c2n1. The molecule has 4 aromatic carbocycles. The van der Waals surface area contributed by atoms with Crippen LogP contribution in [0.4, 0.5) is 5.82 Å². The van der Waals surface area contributed by atoms with Crippen LogP contribution in [0, 0.1) is 38.5 Å². The summed E-state index contributed by atoms with van der Waals surface area (Å²) in [6.45, 7) is 40.5. The first kappa shape index (κ1) is 59.5. The van der Waals surface area contributed by atoms with Gasteiger partial charge in [-0.15, -0.1) is 0 Å². The Balaban J connectivity index is 0.000000228. The minimum Gasteiger partial charge on any atom is -0.457 e. The average molecular weight is 1040 g/mol. The lowest BCUT2D eigenvalue weighted by Gasteiger charge is -2.36. The van der Waals surface area contributed by atoms with Crippen LogP contribution in [0.1, 0.15) is 143 Å². The lowest BCUT2D eigenvalue weighted by atomic mass is 9.94. The van der Waals surface area contributed by atoms with E-state index in [2.05, 4.69) is 103 Å². The maximum absolute atomic E-state index is 6.36. The topological polar surface area (TPSA) is 138 Å². The van der Waals surface area contributed by atoms with Crippen LogP contribution in [0.3, 0.4) is 0 Å². The summed E-state index contributed by atoms with van der Waals surface area (Å²) in [5, 5.41) is 12.1. The van der Waals surface area contributed by atoms with Crippen molar-refractivity contribution in [3.63, 3.8) is 0 Å². The smallest absolute Gasteiger partial charge is 0.164 e. The normalized spacial score (nSPS) is 14.5. The number of nitrogens with two attached hydrogens (primary N) is 1. The van der Waals surface area contributed by atoms with Crippen molar-refractivity contribution in [2.75, 3.05) is 45.0 Å². The Morgan fingerprint density at radius 3 is 1.35 bits per heavy atom. The molecule has 0 amide bonds. The van der Waals surface area contributed by atoms with Crippen LogP contribution < -0.4 is 15.2 Å². The Morgan fingerprint density at radius 1 is 0.519 bits per heavy atom. The van der Waals surface area contributed by atoms with Crippen LogP contribution >= 0.6 is 0 Å². The third-order valence-electron chi connectivity index (χ3n) is 13.4. The second-order valence-corrected chi connectivity index (χ2v) is 22.0. The number of nitrogens with zero attached hydrogens (tertiary/aromatic N) is 10. The fraction of sp³-hybridized carbons (Fsp3) is 0.469. The zero-order valence-corrected chi connectivity index (χ0v) is 49.4. The first-order chi connectivity index (χ1) is 37.0. The first-order valence-electron chi connectivity index (χ1n) is 28.3. The summed E-state index contributed by atoms with van der Waals surface area (Å²) in [5.41, 5.74) is 15.6. The standard InChI is InChI=1S/C30H37N5O.C28H34N6O.3C2H6/c1-20-18-23(12-13-26(20)36-25-10-8-7-9-11-25)28-27-21(2)31-22(3)32-29(27)35(33-28)24-14-16-34(17-15-24)19-30(4,5)6;1-19-16-20(10-11-23(19)35-22-8-6-5-7-9-22)25-24-26(29)30-18-31-27(24)34(32-25)21-12-14-33(15-13-21)17-28(2,3)4;3*1-2/h7-13,18,24H,14-17,19H2,1-6H3;5-11,16,18,21H,12-15,17H2,1-4H3,(H2,29,30,31);3*1-2H3. The highest BCUT2D eigenvalue weighted by Gasteiger charge is 2.30. The molecule has 2 N–H and O–H groups in total. The van der Waals surface area contributed by atoms with Crippen LogP contribution in [0.25, 0.3) is 44.6 Å². The molecule has 2 aliphatic rings. The molecule has 2 aliphatic heterocycles. The van der Waals surface area contributed by atoms with Crippen LogP contribution in [0.5, 0.6) is 23.0 Å². The van der Waals surface area contributed by atoms with Gasteiger partial charge in [-0.2, -0.15) is 10.2 Å². The molecule has 13 heteroatoms. The number of para-hydroxylation sites is 2. The van der Waals surface area contributed by atoms with Crippen molar-refractivity contribution in [1.82, 2.24) is 49.3 Å². The van der Waals surface area contributed by atoms with Gasteiger partial charge in [0.25, 0.3) is 0 Å². The molecule has 8 aromatic rings. The molecule has 0 atom stereocenters. The second kappa shape index (κ2) is 27.1. The van der Waals surface area contributed by atoms with Gasteiger partial charge in [-0.25, -0.2) is 29.3 Å². The fourth-order valence-corrected chi connectivity index (χ4v) is 10.3. The summed E-state index contributed by atoms with van der Waals surface area (Å²) < 4.78 is 16.5. The van der Waals surface area contributed by atoms with Crippen LogP contribution in [-0.4, -0.2) is 88.6 Å². The number of piperidine rings is 2. The fourth-order valence-electron chi connectivity index (χ4n) is 10.3. The number of likely N-dealkylation sites (tertiary alicyclic amines) is 2. The Hall–Kier alpha value is -6.70. The number of ether oxygens (including phenoxy) is 2. The molecular weight excluding hydrogens is 955 g/mol. The number of aromatic nitrogens is 8. The number of nitrogen functional groups attached to an aromatic ring is 1. The molecule has 6 heterocycles. The molecule has 412 valence electrons. The zero-order valence-electron chi connectivity index (χ0n) is 49.4. The van der Waals surface area contributed by atoms with Gasteiger partial charge in [-0.1, -0.05) is 119 Å². The molecule has 0 spiro atoms. The number of anilines is 1. The Morgan fingerprint density at radius 2 is 0.935 bits per heavy atom. The zero-order chi connectivity index (χ0) is 56.0.